The van der Waals surface area contributed by atoms with Crippen molar-refractivity contribution < 1.29 is 14.7 Å². The molecule has 20 heavy (non-hydrogen) atoms. The number of aliphatic carboxylic acids is 1. The van der Waals surface area contributed by atoms with Gasteiger partial charge in [-0.1, -0.05) is 0 Å². The first-order chi connectivity index (χ1) is 9.45. The minimum atomic E-state index is -0.785. The number of carbonyl (C=O) groups excluding carboxylic acids is 1. The zero-order chi connectivity index (χ0) is 14.5. The van der Waals surface area contributed by atoms with Crippen LogP contribution in [0.1, 0.15) is 32.2 Å². The van der Waals surface area contributed by atoms with E-state index >= 15 is 0 Å². The molecule has 6 nitrogen and oxygen atoms in total. The topological polar surface area (TPSA) is 75.4 Å². The van der Waals surface area contributed by atoms with Crippen molar-refractivity contribution in [3.05, 3.63) is 16.9 Å². The number of rotatable bonds is 3. The van der Waals surface area contributed by atoms with Crippen molar-refractivity contribution in [3.63, 3.8) is 0 Å². The third-order valence-electron chi connectivity index (χ3n) is 4.48. The van der Waals surface area contributed by atoms with E-state index in [9.17, 15) is 14.7 Å². The van der Waals surface area contributed by atoms with Gasteiger partial charge in [0.05, 0.1) is 22.1 Å². The van der Waals surface area contributed by atoms with Crippen LogP contribution in [0, 0.1) is 5.92 Å². The Morgan fingerprint density at radius 2 is 2.25 bits per heavy atom. The van der Waals surface area contributed by atoms with E-state index in [4.69, 9.17) is 0 Å². The molecular weight excluding hydrogens is 326 g/mol. The molecule has 2 fully saturated rings. The maximum atomic E-state index is 12.6. The zero-order valence-corrected chi connectivity index (χ0v) is 12.7. The van der Waals surface area contributed by atoms with Crippen LogP contribution in [0.5, 0.6) is 0 Å². The smallest absolute Gasteiger partial charge is 0.308 e. The van der Waals surface area contributed by atoms with Crippen LogP contribution >= 0.6 is 15.9 Å². The van der Waals surface area contributed by atoms with Crippen molar-refractivity contribution in [2.24, 2.45) is 5.92 Å². The summed E-state index contributed by atoms with van der Waals surface area (Å²) in [6, 6.07) is -0.411. The third-order valence-corrected chi connectivity index (χ3v) is 4.89. The molecule has 1 N–H and O–H groups in total. The van der Waals surface area contributed by atoms with Gasteiger partial charge in [0.1, 0.15) is 6.04 Å². The molecule has 2 aliphatic rings. The van der Waals surface area contributed by atoms with Gasteiger partial charge in [0, 0.05) is 12.7 Å². The molecular formula is C13H16BrN3O3. The fraction of sp³-hybridized carbons (Fsp3) is 0.615. The van der Waals surface area contributed by atoms with Crippen molar-refractivity contribution in [1.82, 2.24) is 14.7 Å². The summed E-state index contributed by atoms with van der Waals surface area (Å²) in [5.41, 5.74) is -0.429. The first-order valence-corrected chi connectivity index (χ1v) is 7.49. The molecule has 1 saturated carbocycles. The summed E-state index contributed by atoms with van der Waals surface area (Å²) in [7, 11) is 0. The molecule has 2 atom stereocenters. The van der Waals surface area contributed by atoms with E-state index in [0.29, 0.717) is 13.0 Å². The highest BCUT2D eigenvalue weighted by Gasteiger charge is 2.62. The van der Waals surface area contributed by atoms with E-state index in [2.05, 4.69) is 21.0 Å². The molecule has 1 amide bonds. The first kappa shape index (κ1) is 13.6. The lowest BCUT2D eigenvalue weighted by Crippen LogP contribution is -2.44. The molecule has 1 saturated heterocycles. The maximum Gasteiger partial charge on any atom is 0.308 e. The van der Waals surface area contributed by atoms with Crippen molar-refractivity contribution in [1.29, 1.82) is 0 Å². The van der Waals surface area contributed by atoms with E-state index in [1.807, 2.05) is 0 Å². The molecule has 1 spiro atoms. The SMILES string of the molecule is CC(C(=O)N1CCC(C(=O)O)C12CC2)n1cc(Br)cn1. The van der Waals surface area contributed by atoms with E-state index in [1.54, 1.807) is 28.9 Å². The molecule has 1 aromatic rings. The van der Waals surface area contributed by atoms with E-state index in [1.165, 1.54) is 0 Å². The Labute approximate surface area is 124 Å². The van der Waals surface area contributed by atoms with E-state index in [-0.39, 0.29) is 5.91 Å². The second-order valence-corrected chi connectivity index (χ2v) is 6.50. The third kappa shape index (κ3) is 1.95. The number of hydrogen-bond acceptors (Lipinski definition) is 3. The summed E-state index contributed by atoms with van der Waals surface area (Å²) < 4.78 is 2.43. The van der Waals surface area contributed by atoms with E-state index < -0.39 is 23.5 Å². The number of amides is 1. The second-order valence-electron chi connectivity index (χ2n) is 5.59. The molecule has 2 unspecified atom stereocenters. The van der Waals surface area contributed by atoms with Gasteiger partial charge >= 0.3 is 5.97 Å². The lowest BCUT2D eigenvalue weighted by molar-refractivity contribution is -0.144. The highest BCUT2D eigenvalue weighted by molar-refractivity contribution is 9.10. The highest BCUT2D eigenvalue weighted by atomic mass is 79.9. The van der Waals surface area contributed by atoms with Crippen molar-refractivity contribution in [2.75, 3.05) is 6.54 Å². The fourth-order valence-electron chi connectivity index (χ4n) is 3.23. The van der Waals surface area contributed by atoms with Gasteiger partial charge < -0.3 is 10.0 Å². The van der Waals surface area contributed by atoms with Crippen LogP contribution in [0.4, 0.5) is 0 Å². The lowest BCUT2D eigenvalue weighted by Gasteiger charge is -2.29. The molecule has 0 bridgehead atoms. The Balaban J connectivity index is 1.80. The molecule has 2 heterocycles. The summed E-state index contributed by atoms with van der Waals surface area (Å²) in [5, 5.41) is 13.4. The zero-order valence-electron chi connectivity index (χ0n) is 11.1. The molecule has 0 aromatic carbocycles. The standard InChI is InChI=1S/C13H16BrN3O3/c1-8(17-7-9(14)6-15-17)11(18)16-5-2-10(12(19)20)13(16)3-4-13/h6-8,10H,2-5H2,1H3,(H,19,20). The molecule has 1 aromatic heterocycles. The Morgan fingerprint density at radius 1 is 1.55 bits per heavy atom. The van der Waals surface area contributed by atoms with Gasteiger partial charge in [-0.3, -0.25) is 14.3 Å². The molecule has 0 radical (unpaired) electrons. The quantitative estimate of drug-likeness (QED) is 0.907. The van der Waals surface area contributed by atoms with Gasteiger partial charge in [0.2, 0.25) is 5.91 Å². The van der Waals surface area contributed by atoms with Gasteiger partial charge in [-0.15, -0.1) is 0 Å². The Bertz CT molecular complexity index is 567. The fourth-order valence-corrected chi connectivity index (χ4v) is 3.53. The Morgan fingerprint density at radius 3 is 2.75 bits per heavy atom. The maximum absolute atomic E-state index is 12.6. The number of aromatic nitrogens is 2. The average Bonchev–Trinajstić information content (AvgIpc) is 2.89. The van der Waals surface area contributed by atoms with Crippen LogP contribution in [0.15, 0.2) is 16.9 Å². The first-order valence-electron chi connectivity index (χ1n) is 6.69. The molecule has 1 aliphatic carbocycles. The number of carboxylic acid groups (broad SMARTS) is 1. The molecule has 7 heteroatoms. The van der Waals surface area contributed by atoms with Gasteiger partial charge in [0.25, 0.3) is 0 Å². The minimum absolute atomic E-state index is 0.0400. The monoisotopic (exact) mass is 341 g/mol. The predicted molar refractivity (Wildman–Crippen MR) is 74.1 cm³/mol. The van der Waals surface area contributed by atoms with Crippen LogP contribution in [-0.4, -0.2) is 43.7 Å². The van der Waals surface area contributed by atoms with Crippen LogP contribution in [0.25, 0.3) is 0 Å². The summed E-state index contributed by atoms with van der Waals surface area (Å²) in [6.07, 6.45) is 5.54. The van der Waals surface area contributed by atoms with Crippen molar-refractivity contribution >= 4 is 27.8 Å². The summed E-state index contributed by atoms with van der Waals surface area (Å²) in [6.45, 7) is 2.33. The predicted octanol–water partition coefficient (Wildman–Crippen LogP) is 1.67. The number of carbonyl (C=O) groups is 2. The Hall–Kier alpha value is -1.37. The number of halogens is 1. The van der Waals surface area contributed by atoms with Crippen LogP contribution in [-0.2, 0) is 9.59 Å². The van der Waals surface area contributed by atoms with Crippen molar-refractivity contribution in [3.8, 4) is 0 Å². The van der Waals surface area contributed by atoms with Gasteiger partial charge in [-0.05, 0) is 42.1 Å². The molecule has 3 rings (SSSR count). The largest absolute Gasteiger partial charge is 0.481 e. The Kier molecular flexibility index (Phi) is 3.12. The van der Waals surface area contributed by atoms with E-state index in [0.717, 1.165) is 17.3 Å². The summed E-state index contributed by atoms with van der Waals surface area (Å²) in [4.78, 5) is 25.7. The van der Waals surface area contributed by atoms with Gasteiger partial charge in [0.15, 0.2) is 0 Å². The normalized spacial score (nSPS) is 24.9. The van der Waals surface area contributed by atoms with Gasteiger partial charge in [-0.25, -0.2) is 0 Å². The van der Waals surface area contributed by atoms with Crippen molar-refractivity contribution in [2.45, 2.75) is 37.8 Å². The average molecular weight is 342 g/mol. The molecule has 1 aliphatic heterocycles. The number of likely N-dealkylation sites (tertiary alicyclic amines) is 1. The second kappa shape index (κ2) is 4.58. The van der Waals surface area contributed by atoms with Crippen LogP contribution in [0.2, 0.25) is 0 Å². The van der Waals surface area contributed by atoms with Crippen LogP contribution < -0.4 is 0 Å². The molecule has 108 valence electrons. The number of nitrogens with zero attached hydrogens (tertiary/aromatic N) is 3. The lowest BCUT2D eigenvalue weighted by atomic mass is 9.98. The highest BCUT2D eigenvalue weighted by Crippen LogP contribution is 2.53. The van der Waals surface area contributed by atoms with Crippen LogP contribution in [0.3, 0.4) is 0 Å². The summed E-state index contributed by atoms with van der Waals surface area (Å²) in [5.74, 6) is -1.24. The number of carboxylic acids is 1. The number of hydrogen-bond donors (Lipinski definition) is 1. The van der Waals surface area contributed by atoms with Gasteiger partial charge in [-0.2, -0.15) is 5.10 Å². The minimum Gasteiger partial charge on any atom is -0.481 e. The summed E-state index contributed by atoms with van der Waals surface area (Å²) >= 11 is 3.31.